The molecule has 0 amide bonds. The molecule has 21 heavy (non-hydrogen) atoms. The molecule has 0 saturated heterocycles. The van der Waals surface area contributed by atoms with Crippen LogP contribution in [0.1, 0.15) is 45.6 Å². The summed E-state index contributed by atoms with van der Waals surface area (Å²) in [7, 11) is 0. The molecule has 1 rings (SSSR count). The predicted molar refractivity (Wildman–Crippen MR) is 88.0 cm³/mol. The Morgan fingerprint density at radius 3 is 2.67 bits per heavy atom. The number of halogens is 1. The Morgan fingerprint density at radius 2 is 2.10 bits per heavy atom. The van der Waals surface area contributed by atoms with Crippen molar-refractivity contribution in [1.82, 2.24) is 5.32 Å². The second-order valence-corrected chi connectivity index (χ2v) is 6.29. The lowest BCUT2D eigenvalue weighted by Crippen LogP contribution is -2.31. The molecule has 0 aliphatic carbocycles. The largest absolute Gasteiger partial charge is 0.314 e. The van der Waals surface area contributed by atoms with Crippen LogP contribution in [0, 0.1) is 16.0 Å². The predicted octanol–water partition coefficient (Wildman–Crippen LogP) is 4.60. The number of nitro benzene ring substituents is 1. The molecule has 4 nitrogen and oxygen atoms in total. The molecule has 0 fully saturated rings. The van der Waals surface area contributed by atoms with Crippen molar-refractivity contribution < 1.29 is 4.92 Å². The van der Waals surface area contributed by atoms with Crippen molar-refractivity contribution in [3.8, 4) is 0 Å². The highest BCUT2D eigenvalue weighted by Gasteiger charge is 2.16. The summed E-state index contributed by atoms with van der Waals surface area (Å²) in [5.41, 5.74) is 0.887. The van der Waals surface area contributed by atoms with E-state index >= 15 is 0 Å². The van der Waals surface area contributed by atoms with Crippen LogP contribution in [0.5, 0.6) is 0 Å². The number of rotatable bonds is 9. The number of aryl methyl sites for hydroxylation is 1. The van der Waals surface area contributed by atoms with Gasteiger partial charge in [0, 0.05) is 22.7 Å². The zero-order chi connectivity index (χ0) is 15.8. The summed E-state index contributed by atoms with van der Waals surface area (Å²) in [6.45, 7) is 7.53. The fraction of sp³-hybridized carbons (Fsp3) is 0.625. The number of nitrogens with zero attached hydrogens (tertiary/aromatic N) is 1. The van der Waals surface area contributed by atoms with Crippen molar-refractivity contribution >= 4 is 17.3 Å². The average molecular weight is 313 g/mol. The van der Waals surface area contributed by atoms with Crippen LogP contribution in [0.4, 0.5) is 5.69 Å². The molecule has 1 aromatic rings. The highest BCUT2D eigenvalue weighted by atomic mass is 35.5. The molecule has 0 aliphatic rings. The van der Waals surface area contributed by atoms with Crippen LogP contribution in [0.15, 0.2) is 18.2 Å². The fourth-order valence-corrected chi connectivity index (χ4v) is 2.64. The molecule has 0 spiro atoms. The van der Waals surface area contributed by atoms with Crippen molar-refractivity contribution in [1.29, 1.82) is 0 Å². The molecule has 1 unspecified atom stereocenters. The third kappa shape index (κ3) is 6.44. The first kappa shape index (κ1) is 17.9. The topological polar surface area (TPSA) is 55.2 Å². The van der Waals surface area contributed by atoms with Gasteiger partial charge in [-0.05, 0) is 44.2 Å². The van der Waals surface area contributed by atoms with Crippen molar-refractivity contribution in [2.75, 3.05) is 6.54 Å². The number of hydrogen-bond acceptors (Lipinski definition) is 3. The van der Waals surface area contributed by atoms with Crippen LogP contribution in [-0.2, 0) is 6.42 Å². The second kappa shape index (κ2) is 9.00. The summed E-state index contributed by atoms with van der Waals surface area (Å²) in [5, 5.41) is 15.0. The third-order valence-electron chi connectivity index (χ3n) is 3.45. The van der Waals surface area contributed by atoms with Gasteiger partial charge in [0.25, 0.3) is 5.69 Å². The van der Waals surface area contributed by atoms with Crippen LogP contribution in [0.2, 0.25) is 5.02 Å². The number of hydrogen-bond donors (Lipinski definition) is 1. The van der Waals surface area contributed by atoms with Gasteiger partial charge in [-0.15, -0.1) is 0 Å². The number of nitrogens with one attached hydrogen (secondary N) is 1. The van der Waals surface area contributed by atoms with Gasteiger partial charge in [0.05, 0.1) is 4.92 Å². The maximum atomic E-state index is 11.1. The number of nitro groups is 1. The van der Waals surface area contributed by atoms with Gasteiger partial charge < -0.3 is 5.32 Å². The second-order valence-electron chi connectivity index (χ2n) is 5.85. The Labute approximate surface area is 132 Å². The summed E-state index contributed by atoms with van der Waals surface area (Å²) >= 11 is 5.84. The summed E-state index contributed by atoms with van der Waals surface area (Å²) in [6, 6.07) is 5.33. The first-order chi connectivity index (χ1) is 9.93. The van der Waals surface area contributed by atoms with Crippen LogP contribution in [-0.4, -0.2) is 17.5 Å². The van der Waals surface area contributed by atoms with Gasteiger partial charge >= 0.3 is 0 Å². The molecule has 0 radical (unpaired) electrons. The Morgan fingerprint density at radius 1 is 1.38 bits per heavy atom. The van der Waals surface area contributed by atoms with Gasteiger partial charge in [-0.2, -0.15) is 0 Å². The number of benzene rings is 1. The van der Waals surface area contributed by atoms with E-state index in [0.29, 0.717) is 23.4 Å². The van der Waals surface area contributed by atoms with Crippen LogP contribution in [0.3, 0.4) is 0 Å². The highest BCUT2D eigenvalue weighted by Crippen LogP contribution is 2.25. The van der Waals surface area contributed by atoms with Gasteiger partial charge in [-0.3, -0.25) is 10.1 Å². The lowest BCUT2D eigenvalue weighted by Gasteiger charge is -2.20. The molecular weight excluding hydrogens is 288 g/mol. The van der Waals surface area contributed by atoms with Gasteiger partial charge in [-0.1, -0.05) is 38.4 Å². The minimum Gasteiger partial charge on any atom is -0.314 e. The van der Waals surface area contributed by atoms with Gasteiger partial charge in [0.2, 0.25) is 0 Å². The Balaban J connectivity index is 2.72. The normalized spacial score (nSPS) is 12.6. The average Bonchev–Trinajstić information content (AvgIpc) is 2.42. The van der Waals surface area contributed by atoms with E-state index in [9.17, 15) is 10.1 Å². The van der Waals surface area contributed by atoms with Crippen molar-refractivity contribution in [3.63, 3.8) is 0 Å². The van der Waals surface area contributed by atoms with Crippen molar-refractivity contribution in [3.05, 3.63) is 38.9 Å². The summed E-state index contributed by atoms with van der Waals surface area (Å²) < 4.78 is 0. The van der Waals surface area contributed by atoms with Gasteiger partial charge in [-0.25, -0.2) is 0 Å². The van der Waals surface area contributed by atoms with Crippen LogP contribution < -0.4 is 5.32 Å². The quantitative estimate of drug-likeness (QED) is 0.535. The minimum atomic E-state index is -0.349. The van der Waals surface area contributed by atoms with E-state index in [-0.39, 0.29) is 10.6 Å². The van der Waals surface area contributed by atoms with Crippen molar-refractivity contribution in [2.45, 2.75) is 52.5 Å². The maximum absolute atomic E-state index is 11.1. The first-order valence-electron chi connectivity index (χ1n) is 7.60. The molecule has 5 heteroatoms. The summed E-state index contributed by atoms with van der Waals surface area (Å²) in [5.74, 6) is 0.611. The monoisotopic (exact) mass is 312 g/mol. The molecule has 0 saturated carbocycles. The summed E-state index contributed by atoms with van der Waals surface area (Å²) in [4.78, 5) is 10.8. The Hall–Kier alpha value is -1.13. The SMILES string of the molecule is CCCNC(CCc1ccc(Cl)cc1[N+](=O)[O-])CC(C)C. The zero-order valence-electron chi connectivity index (χ0n) is 13.1. The van der Waals surface area contributed by atoms with Crippen LogP contribution in [0.25, 0.3) is 0 Å². The van der Waals surface area contributed by atoms with E-state index in [0.717, 1.165) is 31.4 Å². The minimum absolute atomic E-state index is 0.126. The smallest absolute Gasteiger partial charge is 0.274 e. The molecule has 0 bridgehead atoms. The van der Waals surface area contributed by atoms with E-state index < -0.39 is 0 Å². The molecule has 1 N–H and O–H groups in total. The van der Waals surface area contributed by atoms with Crippen molar-refractivity contribution in [2.24, 2.45) is 5.92 Å². The summed E-state index contributed by atoms with van der Waals surface area (Å²) in [6.07, 6.45) is 3.78. The zero-order valence-corrected chi connectivity index (χ0v) is 13.8. The molecule has 0 aromatic heterocycles. The van der Waals surface area contributed by atoms with E-state index in [1.54, 1.807) is 12.1 Å². The molecular formula is C16H25ClN2O2. The molecule has 1 atom stereocenters. The molecule has 0 aliphatic heterocycles. The van der Waals surface area contributed by atoms with Gasteiger partial charge in [0.15, 0.2) is 0 Å². The first-order valence-corrected chi connectivity index (χ1v) is 7.98. The van der Waals surface area contributed by atoms with Gasteiger partial charge in [0.1, 0.15) is 0 Å². The fourth-order valence-electron chi connectivity index (χ4n) is 2.47. The Bertz CT molecular complexity index is 464. The standard InChI is InChI=1S/C16H25ClN2O2/c1-4-9-18-15(10-12(2)3)8-6-13-5-7-14(17)11-16(13)19(20)21/h5,7,11-12,15,18H,4,6,8-10H2,1-3H3. The third-order valence-corrected chi connectivity index (χ3v) is 3.68. The highest BCUT2D eigenvalue weighted by molar-refractivity contribution is 6.30. The van der Waals surface area contributed by atoms with Crippen LogP contribution >= 0.6 is 11.6 Å². The molecule has 0 heterocycles. The van der Waals surface area contributed by atoms with E-state index in [1.165, 1.54) is 6.07 Å². The molecule has 1 aromatic carbocycles. The Kier molecular flexibility index (Phi) is 7.68. The van der Waals surface area contributed by atoms with E-state index in [1.807, 2.05) is 0 Å². The van der Waals surface area contributed by atoms with E-state index in [4.69, 9.17) is 11.6 Å². The van der Waals surface area contributed by atoms with E-state index in [2.05, 4.69) is 26.1 Å². The lowest BCUT2D eigenvalue weighted by molar-refractivity contribution is -0.385. The molecule has 118 valence electrons. The lowest BCUT2D eigenvalue weighted by atomic mass is 9.96. The maximum Gasteiger partial charge on any atom is 0.274 e.